The first-order chi connectivity index (χ1) is 11.7. The zero-order valence-electron chi connectivity index (χ0n) is 13.6. The maximum absolute atomic E-state index is 12.3. The second-order valence-electron chi connectivity index (χ2n) is 6.24. The van der Waals surface area contributed by atoms with Gasteiger partial charge in [-0.15, -0.1) is 0 Å². The number of benzene rings is 1. The molecule has 1 amide bonds. The number of aromatic amines is 1. The van der Waals surface area contributed by atoms with Gasteiger partial charge in [0, 0.05) is 32.4 Å². The van der Waals surface area contributed by atoms with E-state index in [0.717, 1.165) is 42.9 Å². The number of hydrogen-bond donors (Lipinski definition) is 2. The number of imidazole rings is 1. The molecule has 4 rings (SSSR count). The van der Waals surface area contributed by atoms with Gasteiger partial charge < -0.3 is 15.2 Å². The second-order valence-corrected chi connectivity index (χ2v) is 6.24. The van der Waals surface area contributed by atoms with E-state index >= 15 is 0 Å². The van der Waals surface area contributed by atoms with Gasteiger partial charge in [0.1, 0.15) is 0 Å². The number of amides is 1. The topological polar surface area (TPSA) is 78.8 Å². The highest BCUT2D eigenvalue weighted by Crippen LogP contribution is 2.21. The summed E-state index contributed by atoms with van der Waals surface area (Å²) in [5.41, 5.74) is 2.60. The van der Waals surface area contributed by atoms with Gasteiger partial charge in [0.15, 0.2) is 0 Å². The van der Waals surface area contributed by atoms with Crippen molar-refractivity contribution in [3.63, 3.8) is 0 Å². The number of aryl methyl sites for hydroxylation is 1. The fourth-order valence-corrected chi connectivity index (χ4v) is 3.18. The Morgan fingerprint density at radius 3 is 3.04 bits per heavy atom. The summed E-state index contributed by atoms with van der Waals surface area (Å²) in [4.78, 5) is 22.5. The van der Waals surface area contributed by atoms with Crippen molar-refractivity contribution in [2.45, 2.75) is 18.9 Å². The number of rotatable bonds is 3. The van der Waals surface area contributed by atoms with Crippen LogP contribution in [-0.4, -0.2) is 44.8 Å². The molecule has 2 N–H and O–H groups in total. The number of hydrogen-bond acceptors (Lipinski definition) is 4. The number of nitrogens with one attached hydrogen (secondary N) is 2. The van der Waals surface area contributed by atoms with Gasteiger partial charge in [0.25, 0.3) is 5.91 Å². The largest absolute Gasteiger partial charge is 0.347 e. The predicted molar refractivity (Wildman–Crippen MR) is 92.0 cm³/mol. The van der Waals surface area contributed by atoms with Crippen molar-refractivity contribution in [3.05, 3.63) is 42.2 Å². The maximum Gasteiger partial charge on any atom is 0.254 e. The van der Waals surface area contributed by atoms with Crippen LogP contribution >= 0.6 is 0 Å². The summed E-state index contributed by atoms with van der Waals surface area (Å²) in [5, 5.41) is 7.15. The summed E-state index contributed by atoms with van der Waals surface area (Å²) >= 11 is 0. The average Bonchev–Trinajstić information content (AvgIpc) is 3.21. The fourth-order valence-electron chi connectivity index (χ4n) is 3.18. The van der Waals surface area contributed by atoms with Crippen LogP contribution < -0.4 is 10.2 Å². The van der Waals surface area contributed by atoms with E-state index in [0.29, 0.717) is 5.56 Å². The Morgan fingerprint density at radius 2 is 2.25 bits per heavy atom. The smallest absolute Gasteiger partial charge is 0.254 e. The van der Waals surface area contributed by atoms with Gasteiger partial charge in [0.2, 0.25) is 5.95 Å². The number of fused-ring (bicyclic) bond motifs is 1. The van der Waals surface area contributed by atoms with E-state index in [9.17, 15) is 4.79 Å². The van der Waals surface area contributed by atoms with E-state index in [4.69, 9.17) is 0 Å². The number of para-hydroxylation sites is 2. The van der Waals surface area contributed by atoms with Crippen molar-refractivity contribution in [1.82, 2.24) is 25.1 Å². The predicted octanol–water partition coefficient (Wildman–Crippen LogP) is 1.70. The number of aromatic nitrogens is 4. The minimum absolute atomic E-state index is 0.0699. The highest BCUT2D eigenvalue weighted by molar-refractivity contribution is 5.93. The average molecular weight is 324 g/mol. The zero-order chi connectivity index (χ0) is 16.5. The van der Waals surface area contributed by atoms with E-state index in [1.807, 2.05) is 24.3 Å². The van der Waals surface area contributed by atoms with Crippen molar-refractivity contribution in [2.24, 2.45) is 7.05 Å². The first kappa shape index (κ1) is 14.7. The van der Waals surface area contributed by atoms with Crippen LogP contribution in [0.25, 0.3) is 11.0 Å². The van der Waals surface area contributed by atoms with Crippen LogP contribution in [-0.2, 0) is 7.05 Å². The summed E-state index contributed by atoms with van der Waals surface area (Å²) in [6.45, 7) is 1.70. The van der Waals surface area contributed by atoms with Crippen LogP contribution in [0.1, 0.15) is 23.2 Å². The summed E-state index contributed by atoms with van der Waals surface area (Å²) < 4.78 is 1.64. The quantitative estimate of drug-likeness (QED) is 0.768. The third-order valence-electron chi connectivity index (χ3n) is 4.40. The third kappa shape index (κ3) is 2.84. The molecule has 0 bridgehead atoms. The molecule has 1 fully saturated rings. The van der Waals surface area contributed by atoms with Gasteiger partial charge >= 0.3 is 0 Å². The second kappa shape index (κ2) is 5.99. The summed E-state index contributed by atoms with van der Waals surface area (Å²) in [6, 6.07) is 8.12. The van der Waals surface area contributed by atoms with E-state index in [1.165, 1.54) is 0 Å². The molecule has 124 valence electrons. The number of anilines is 1. The van der Waals surface area contributed by atoms with Crippen molar-refractivity contribution < 1.29 is 4.79 Å². The van der Waals surface area contributed by atoms with Crippen LogP contribution in [0.3, 0.4) is 0 Å². The van der Waals surface area contributed by atoms with Crippen molar-refractivity contribution in [3.8, 4) is 0 Å². The minimum Gasteiger partial charge on any atom is -0.347 e. The van der Waals surface area contributed by atoms with Gasteiger partial charge in [-0.25, -0.2) is 4.98 Å². The summed E-state index contributed by atoms with van der Waals surface area (Å²) in [7, 11) is 1.81. The van der Waals surface area contributed by atoms with Crippen LogP contribution in [0, 0.1) is 0 Å². The molecule has 7 nitrogen and oxygen atoms in total. The molecule has 0 spiro atoms. The summed E-state index contributed by atoms with van der Waals surface area (Å²) in [6.07, 6.45) is 5.32. The standard InChI is InChI=1S/C17H20N6O/c1-22-10-12(9-18-22)16(24)19-13-5-4-8-23(11-13)17-20-14-6-2-3-7-15(14)21-17/h2-3,6-7,9-10,13H,4-5,8,11H2,1H3,(H,19,24)(H,20,21). The number of carbonyl (C=O) groups is 1. The van der Waals surface area contributed by atoms with Crippen molar-refractivity contribution in [1.29, 1.82) is 0 Å². The number of carbonyl (C=O) groups excluding carboxylic acids is 1. The molecule has 3 heterocycles. The van der Waals surface area contributed by atoms with Crippen molar-refractivity contribution in [2.75, 3.05) is 18.0 Å². The molecule has 0 aliphatic carbocycles. The van der Waals surface area contributed by atoms with Crippen LogP contribution in [0.5, 0.6) is 0 Å². The molecule has 1 aliphatic heterocycles. The monoisotopic (exact) mass is 324 g/mol. The maximum atomic E-state index is 12.3. The zero-order valence-corrected chi connectivity index (χ0v) is 13.6. The van der Waals surface area contributed by atoms with E-state index in [-0.39, 0.29) is 11.9 Å². The molecule has 1 aliphatic rings. The molecule has 1 saturated heterocycles. The Bertz CT molecular complexity index is 834. The number of nitrogens with zero attached hydrogens (tertiary/aromatic N) is 4. The first-order valence-corrected chi connectivity index (χ1v) is 8.18. The Balaban J connectivity index is 1.46. The van der Waals surface area contributed by atoms with Gasteiger partial charge in [0.05, 0.1) is 22.8 Å². The van der Waals surface area contributed by atoms with Crippen LogP contribution in [0.15, 0.2) is 36.7 Å². The lowest BCUT2D eigenvalue weighted by Crippen LogP contribution is -2.48. The van der Waals surface area contributed by atoms with Crippen LogP contribution in [0.4, 0.5) is 5.95 Å². The summed E-state index contributed by atoms with van der Waals surface area (Å²) in [5.74, 6) is 0.802. The van der Waals surface area contributed by atoms with E-state index in [1.54, 1.807) is 24.1 Å². The number of H-pyrrole nitrogens is 1. The van der Waals surface area contributed by atoms with Gasteiger partial charge in [-0.05, 0) is 25.0 Å². The van der Waals surface area contributed by atoms with Crippen molar-refractivity contribution >= 4 is 22.9 Å². The molecule has 24 heavy (non-hydrogen) atoms. The molecule has 0 radical (unpaired) electrons. The Kier molecular flexibility index (Phi) is 3.68. The van der Waals surface area contributed by atoms with E-state index in [2.05, 4.69) is 25.3 Å². The highest BCUT2D eigenvalue weighted by Gasteiger charge is 2.24. The van der Waals surface area contributed by atoms with Gasteiger partial charge in [-0.3, -0.25) is 9.48 Å². The third-order valence-corrected chi connectivity index (χ3v) is 4.40. The Labute approximate surface area is 139 Å². The van der Waals surface area contributed by atoms with Crippen LogP contribution in [0.2, 0.25) is 0 Å². The van der Waals surface area contributed by atoms with Gasteiger partial charge in [-0.1, -0.05) is 12.1 Å². The lowest BCUT2D eigenvalue weighted by atomic mass is 10.1. The lowest BCUT2D eigenvalue weighted by molar-refractivity contribution is 0.0933. The highest BCUT2D eigenvalue weighted by atomic mass is 16.1. The first-order valence-electron chi connectivity index (χ1n) is 8.18. The minimum atomic E-state index is -0.0699. The van der Waals surface area contributed by atoms with Gasteiger partial charge in [-0.2, -0.15) is 5.10 Å². The SMILES string of the molecule is Cn1cc(C(=O)NC2CCCN(c3nc4ccccc4[nH]3)C2)cn1. The molecule has 1 aromatic carbocycles. The molecule has 3 aromatic rings. The lowest BCUT2D eigenvalue weighted by Gasteiger charge is -2.32. The molecule has 1 unspecified atom stereocenters. The fraction of sp³-hybridized carbons (Fsp3) is 0.353. The molecule has 1 atom stereocenters. The Hall–Kier alpha value is -2.83. The molecular formula is C17H20N6O. The molecule has 7 heteroatoms. The molecule has 0 saturated carbocycles. The molecular weight excluding hydrogens is 304 g/mol. The molecule has 2 aromatic heterocycles. The van der Waals surface area contributed by atoms with E-state index < -0.39 is 0 Å². The number of piperidine rings is 1. The normalized spacial score (nSPS) is 18.0. The Morgan fingerprint density at radius 1 is 1.38 bits per heavy atom.